The molecular weight excluding hydrogens is 478 g/mol. The van der Waals surface area contributed by atoms with E-state index < -0.39 is 10.0 Å². The van der Waals surface area contributed by atoms with Crippen LogP contribution in [0.2, 0.25) is 5.02 Å². The van der Waals surface area contributed by atoms with Crippen LogP contribution in [0.15, 0.2) is 47.4 Å². The van der Waals surface area contributed by atoms with Crippen molar-refractivity contribution in [1.82, 2.24) is 9.21 Å². The number of anilines is 1. The summed E-state index contributed by atoms with van der Waals surface area (Å²) >= 11 is 6.06. The number of piperazine rings is 1. The van der Waals surface area contributed by atoms with Crippen LogP contribution >= 0.6 is 11.6 Å². The van der Waals surface area contributed by atoms with Crippen molar-refractivity contribution in [1.29, 1.82) is 0 Å². The van der Waals surface area contributed by atoms with Crippen LogP contribution in [0.3, 0.4) is 0 Å². The summed E-state index contributed by atoms with van der Waals surface area (Å²) in [7, 11) is -0.772. The van der Waals surface area contributed by atoms with E-state index in [4.69, 9.17) is 21.1 Å². The summed E-state index contributed by atoms with van der Waals surface area (Å²) in [5, 5.41) is 0.318. The average molecular weight is 508 g/mol. The van der Waals surface area contributed by atoms with Gasteiger partial charge < -0.3 is 19.3 Å². The van der Waals surface area contributed by atoms with Gasteiger partial charge in [0.05, 0.1) is 20.1 Å². The quantitative estimate of drug-likeness (QED) is 0.598. The number of carbonyl (C=O) groups is 1. The van der Waals surface area contributed by atoms with Gasteiger partial charge in [0.15, 0.2) is 0 Å². The lowest BCUT2D eigenvalue weighted by Gasteiger charge is -2.39. The number of hydrogen-bond acceptors (Lipinski definition) is 6. The highest BCUT2D eigenvalue weighted by Gasteiger charge is 2.37. The van der Waals surface area contributed by atoms with Crippen molar-refractivity contribution in [2.75, 3.05) is 58.4 Å². The van der Waals surface area contributed by atoms with E-state index in [0.29, 0.717) is 37.5 Å². The number of nitrogens with zero attached hydrogens (tertiary/aromatic N) is 3. The van der Waals surface area contributed by atoms with Gasteiger partial charge in [-0.15, -0.1) is 0 Å². The summed E-state index contributed by atoms with van der Waals surface area (Å²) in [5.74, 6) is 0.714. The fourth-order valence-corrected chi connectivity index (χ4v) is 6.53. The molecule has 184 valence electrons. The zero-order chi connectivity index (χ0) is 24.3. The summed E-state index contributed by atoms with van der Waals surface area (Å²) < 4.78 is 38.6. The van der Waals surface area contributed by atoms with Crippen LogP contribution in [-0.4, -0.2) is 77.0 Å². The van der Waals surface area contributed by atoms with Gasteiger partial charge in [0.1, 0.15) is 16.4 Å². The van der Waals surface area contributed by atoms with Crippen molar-refractivity contribution in [2.24, 2.45) is 5.92 Å². The fraction of sp³-hybridized carbons (Fsp3) is 0.458. The Morgan fingerprint density at radius 2 is 1.68 bits per heavy atom. The number of hydrogen-bond donors (Lipinski definition) is 0. The van der Waals surface area contributed by atoms with Crippen LogP contribution in [0.5, 0.6) is 11.5 Å². The first kappa shape index (κ1) is 24.6. The number of benzene rings is 2. The van der Waals surface area contributed by atoms with Crippen molar-refractivity contribution < 1.29 is 22.7 Å². The molecule has 2 heterocycles. The summed E-state index contributed by atoms with van der Waals surface area (Å²) in [4.78, 5) is 17.4. The van der Waals surface area contributed by atoms with Gasteiger partial charge in [-0.2, -0.15) is 4.31 Å². The Labute approximate surface area is 206 Å². The second kappa shape index (κ2) is 10.4. The maximum absolute atomic E-state index is 13.4. The Kier molecular flexibility index (Phi) is 7.54. The normalized spacial score (nSPS) is 19.7. The Hall–Kier alpha value is -2.49. The maximum Gasteiger partial charge on any atom is 0.246 e. The number of methoxy groups -OCH3 is 2. The topological polar surface area (TPSA) is 79.4 Å². The van der Waals surface area contributed by atoms with Crippen LogP contribution < -0.4 is 14.4 Å². The van der Waals surface area contributed by atoms with Crippen LogP contribution in [0.25, 0.3) is 0 Å². The average Bonchev–Trinajstić information content (AvgIpc) is 2.88. The molecule has 0 aromatic heterocycles. The van der Waals surface area contributed by atoms with Gasteiger partial charge in [0.25, 0.3) is 0 Å². The number of ether oxygens (including phenoxy) is 2. The number of sulfonamides is 1. The van der Waals surface area contributed by atoms with Gasteiger partial charge in [-0.25, -0.2) is 8.42 Å². The summed E-state index contributed by atoms with van der Waals surface area (Å²) in [5.41, 5.74) is 1.10. The first-order valence-corrected chi connectivity index (χ1v) is 13.2. The number of halogens is 1. The highest BCUT2D eigenvalue weighted by molar-refractivity contribution is 7.89. The highest BCUT2D eigenvalue weighted by atomic mass is 35.5. The molecule has 1 atom stereocenters. The third-order valence-electron chi connectivity index (χ3n) is 6.51. The first-order chi connectivity index (χ1) is 16.3. The number of piperidine rings is 1. The largest absolute Gasteiger partial charge is 0.497 e. The molecule has 0 unspecified atom stereocenters. The van der Waals surface area contributed by atoms with Crippen LogP contribution in [-0.2, 0) is 14.8 Å². The molecule has 34 heavy (non-hydrogen) atoms. The van der Waals surface area contributed by atoms with Crippen LogP contribution in [0.4, 0.5) is 5.69 Å². The van der Waals surface area contributed by atoms with Gasteiger partial charge in [0, 0.05) is 50.0 Å². The molecule has 2 fully saturated rings. The van der Waals surface area contributed by atoms with Crippen LogP contribution in [0, 0.1) is 5.92 Å². The lowest BCUT2D eigenvalue weighted by atomic mass is 9.97. The van der Waals surface area contributed by atoms with E-state index in [1.165, 1.54) is 17.5 Å². The van der Waals surface area contributed by atoms with E-state index >= 15 is 0 Å². The summed E-state index contributed by atoms with van der Waals surface area (Å²) in [6, 6.07) is 12.4. The van der Waals surface area contributed by atoms with Gasteiger partial charge in [-0.3, -0.25) is 4.79 Å². The van der Waals surface area contributed by atoms with Gasteiger partial charge in [0.2, 0.25) is 15.9 Å². The molecule has 2 saturated heterocycles. The second-order valence-electron chi connectivity index (χ2n) is 8.51. The van der Waals surface area contributed by atoms with E-state index in [1.54, 1.807) is 19.2 Å². The second-order valence-corrected chi connectivity index (χ2v) is 10.9. The van der Waals surface area contributed by atoms with E-state index in [9.17, 15) is 13.2 Å². The molecule has 1 amide bonds. The van der Waals surface area contributed by atoms with E-state index in [0.717, 1.165) is 24.5 Å². The van der Waals surface area contributed by atoms with Crippen molar-refractivity contribution in [3.05, 3.63) is 47.5 Å². The molecule has 2 aliphatic heterocycles. The van der Waals surface area contributed by atoms with Gasteiger partial charge in [-0.1, -0.05) is 11.6 Å². The molecule has 2 aliphatic rings. The fourth-order valence-electron chi connectivity index (χ4n) is 4.59. The van der Waals surface area contributed by atoms with Crippen molar-refractivity contribution in [3.63, 3.8) is 0 Å². The molecule has 0 radical (unpaired) electrons. The Morgan fingerprint density at radius 1 is 0.971 bits per heavy atom. The minimum Gasteiger partial charge on any atom is -0.497 e. The Morgan fingerprint density at radius 3 is 2.32 bits per heavy atom. The van der Waals surface area contributed by atoms with Crippen LogP contribution in [0.1, 0.15) is 12.8 Å². The molecule has 0 bridgehead atoms. The molecular formula is C24H30ClN3O5S. The lowest BCUT2D eigenvalue weighted by molar-refractivity contribution is -0.137. The first-order valence-electron chi connectivity index (χ1n) is 11.3. The van der Waals surface area contributed by atoms with Gasteiger partial charge in [-0.05, 0) is 55.3 Å². The lowest BCUT2D eigenvalue weighted by Crippen LogP contribution is -2.53. The molecule has 10 heteroatoms. The SMILES string of the molecule is COc1ccc(N2CCN(C(=O)[C@@H]3CCCN(S(=O)(=O)c4cc(Cl)ccc4OC)C3)CC2)cc1. The molecule has 0 aliphatic carbocycles. The third-order valence-corrected chi connectivity index (χ3v) is 8.63. The Bertz CT molecular complexity index is 1120. The summed E-state index contributed by atoms with van der Waals surface area (Å²) in [6.07, 6.45) is 1.31. The number of rotatable bonds is 6. The van der Waals surface area contributed by atoms with Gasteiger partial charge >= 0.3 is 0 Å². The van der Waals surface area contributed by atoms with Crippen molar-refractivity contribution in [3.8, 4) is 11.5 Å². The van der Waals surface area contributed by atoms with E-state index in [2.05, 4.69) is 4.90 Å². The third kappa shape index (κ3) is 5.11. The van der Waals surface area contributed by atoms with E-state index in [1.807, 2.05) is 29.2 Å². The predicted octanol–water partition coefficient (Wildman–Crippen LogP) is 3.11. The monoisotopic (exact) mass is 507 g/mol. The molecule has 2 aromatic carbocycles. The van der Waals surface area contributed by atoms with Crippen molar-refractivity contribution in [2.45, 2.75) is 17.7 Å². The minimum atomic E-state index is -3.84. The maximum atomic E-state index is 13.4. The standard InChI is InChI=1S/C24H30ClN3O5S/c1-32-21-8-6-20(7-9-21)26-12-14-27(15-13-26)24(29)18-4-3-11-28(17-18)34(30,31)23-16-19(25)5-10-22(23)33-2/h5-10,16,18H,3-4,11-15,17H2,1-2H3/t18-/m1/s1. The Balaban J connectivity index is 1.40. The zero-order valence-electron chi connectivity index (χ0n) is 19.4. The summed E-state index contributed by atoms with van der Waals surface area (Å²) in [6.45, 7) is 3.20. The molecule has 8 nitrogen and oxygen atoms in total. The smallest absolute Gasteiger partial charge is 0.246 e. The predicted molar refractivity (Wildman–Crippen MR) is 131 cm³/mol. The molecule has 0 saturated carbocycles. The minimum absolute atomic E-state index is 0.0207. The van der Waals surface area contributed by atoms with Crippen molar-refractivity contribution >= 4 is 33.2 Å². The highest BCUT2D eigenvalue weighted by Crippen LogP contribution is 2.32. The number of carbonyl (C=O) groups excluding carboxylic acids is 1. The zero-order valence-corrected chi connectivity index (χ0v) is 21.0. The molecule has 4 rings (SSSR count). The molecule has 0 spiro atoms. The molecule has 2 aromatic rings. The molecule has 0 N–H and O–H groups in total. The number of amides is 1. The van der Waals surface area contributed by atoms with E-state index in [-0.39, 0.29) is 29.0 Å².